The molecule has 0 radical (unpaired) electrons. The van der Waals surface area contributed by atoms with E-state index in [0.717, 1.165) is 0 Å². The van der Waals surface area contributed by atoms with Crippen molar-refractivity contribution in [2.75, 3.05) is 13.2 Å². The van der Waals surface area contributed by atoms with Crippen LogP contribution in [0.25, 0.3) is 0 Å². The van der Waals surface area contributed by atoms with Crippen LogP contribution in [0.4, 0.5) is 0 Å². The molecule has 0 saturated heterocycles. The van der Waals surface area contributed by atoms with Gasteiger partial charge in [0.25, 0.3) is 0 Å². The second-order valence-electron chi connectivity index (χ2n) is 12.1. The van der Waals surface area contributed by atoms with E-state index in [1.807, 2.05) is 20.8 Å². The molecule has 0 aromatic carbocycles. The summed E-state index contributed by atoms with van der Waals surface area (Å²) in [5, 5.41) is 0.194. The maximum Gasteiger partial charge on any atom is 0.194 e. The Morgan fingerprint density at radius 3 is 1.44 bits per heavy atom. The van der Waals surface area contributed by atoms with Crippen molar-refractivity contribution in [3.8, 4) is 0 Å². The SMILES string of the molecule is CC(C)N(C(C)C)P(OC(C)(C)COCC(C)(C)SC(=O)C(C)(C)C)N(C(C)C)C(C)C. The lowest BCUT2D eigenvalue weighted by atomic mass is 9.99. The molecule has 0 fully saturated rings. The monoisotopic (exact) mass is 492 g/mol. The van der Waals surface area contributed by atoms with Gasteiger partial charge in [-0.2, -0.15) is 0 Å². The third kappa shape index (κ3) is 11.1. The zero-order valence-corrected chi connectivity index (χ0v) is 25.4. The number of nitrogens with zero attached hydrogens (tertiary/aromatic N) is 2. The van der Waals surface area contributed by atoms with Crippen molar-refractivity contribution in [3.05, 3.63) is 0 Å². The van der Waals surface area contributed by atoms with Gasteiger partial charge in [0.1, 0.15) is 0 Å². The van der Waals surface area contributed by atoms with Crippen LogP contribution in [0.2, 0.25) is 0 Å². The largest absolute Gasteiger partial charge is 0.377 e. The van der Waals surface area contributed by atoms with E-state index in [4.69, 9.17) is 9.26 Å². The highest BCUT2D eigenvalue weighted by Gasteiger charge is 2.39. The van der Waals surface area contributed by atoms with E-state index in [2.05, 4.69) is 92.4 Å². The van der Waals surface area contributed by atoms with Crippen molar-refractivity contribution < 1.29 is 14.1 Å². The molecule has 0 spiro atoms. The second kappa shape index (κ2) is 12.8. The molecule has 192 valence electrons. The predicted octanol–water partition coefficient (Wildman–Crippen LogP) is 7.35. The van der Waals surface area contributed by atoms with Gasteiger partial charge >= 0.3 is 0 Å². The van der Waals surface area contributed by atoms with Gasteiger partial charge < -0.3 is 9.26 Å². The summed E-state index contributed by atoms with van der Waals surface area (Å²) in [4.78, 5) is 12.5. The van der Waals surface area contributed by atoms with E-state index in [1.165, 1.54) is 11.8 Å². The normalized spacial score (nSPS) is 14.3. The molecular weight excluding hydrogens is 439 g/mol. The predicted molar refractivity (Wildman–Crippen MR) is 143 cm³/mol. The summed E-state index contributed by atoms with van der Waals surface area (Å²) in [7, 11) is -0.980. The second-order valence-corrected chi connectivity index (χ2v) is 15.4. The van der Waals surface area contributed by atoms with E-state index in [-0.39, 0.29) is 15.3 Å². The van der Waals surface area contributed by atoms with Gasteiger partial charge in [-0.05, 0) is 83.1 Å². The quantitative estimate of drug-likeness (QED) is 0.250. The first kappa shape index (κ1) is 32.3. The van der Waals surface area contributed by atoms with Crippen LogP contribution in [-0.4, -0.2) is 62.2 Å². The first-order valence-corrected chi connectivity index (χ1v) is 14.1. The fourth-order valence-corrected chi connectivity index (χ4v) is 6.87. The molecule has 5 nitrogen and oxygen atoms in total. The van der Waals surface area contributed by atoms with Crippen LogP contribution < -0.4 is 0 Å². The minimum Gasteiger partial charge on any atom is -0.377 e. The van der Waals surface area contributed by atoms with Gasteiger partial charge in [0.15, 0.2) is 13.6 Å². The van der Waals surface area contributed by atoms with Crippen molar-refractivity contribution in [3.63, 3.8) is 0 Å². The zero-order chi connectivity index (χ0) is 25.7. The van der Waals surface area contributed by atoms with Crippen molar-refractivity contribution >= 4 is 25.3 Å². The van der Waals surface area contributed by atoms with Crippen LogP contribution in [0.3, 0.4) is 0 Å². The molecule has 0 heterocycles. The number of hydrogen-bond acceptors (Lipinski definition) is 6. The van der Waals surface area contributed by atoms with Crippen LogP contribution in [0.1, 0.15) is 104 Å². The summed E-state index contributed by atoms with van der Waals surface area (Å²) in [5.41, 5.74) is -0.807. The molecule has 0 aromatic heterocycles. The number of rotatable bonds is 13. The third-order valence-corrected chi connectivity index (χ3v) is 9.48. The summed E-state index contributed by atoms with van der Waals surface area (Å²) in [6, 6.07) is 1.49. The Bertz CT molecular complexity index is 536. The van der Waals surface area contributed by atoms with Gasteiger partial charge in [-0.1, -0.05) is 32.5 Å². The maximum atomic E-state index is 12.5. The lowest BCUT2D eigenvalue weighted by Gasteiger charge is -2.48. The lowest BCUT2D eigenvalue weighted by molar-refractivity contribution is -0.117. The van der Waals surface area contributed by atoms with E-state index in [1.54, 1.807) is 0 Å². The summed E-state index contributed by atoms with van der Waals surface area (Å²) in [6.07, 6.45) is 0. The molecule has 0 saturated carbocycles. The molecule has 0 atom stereocenters. The molecular formula is C25H53N2O3PS. The van der Waals surface area contributed by atoms with E-state index in [0.29, 0.717) is 37.4 Å². The average Bonchev–Trinajstić information content (AvgIpc) is 2.50. The molecule has 7 heteroatoms. The van der Waals surface area contributed by atoms with Gasteiger partial charge in [-0.3, -0.25) is 4.79 Å². The van der Waals surface area contributed by atoms with E-state index < -0.39 is 14.1 Å². The van der Waals surface area contributed by atoms with Gasteiger partial charge in [-0.25, -0.2) is 9.34 Å². The fourth-order valence-electron chi connectivity index (χ4n) is 3.42. The Morgan fingerprint density at radius 2 is 1.12 bits per heavy atom. The van der Waals surface area contributed by atoms with Crippen LogP contribution in [0.5, 0.6) is 0 Å². The highest BCUT2D eigenvalue weighted by atomic mass is 32.2. The molecule has 0 rings (SSSR count). The molecule has 0 amide bonds. The maximum absolute atomic E-state index is 12.5. The number of ether oxygens (including phenoxy) is 1. The molecule has 0 N–H and O–H groups in total. The zero-order valence-electron chi connectivity index (χ0n) is 23.7. The molecule has 0 aromatic rings. The summed E-state index contributed by atoms with van der Waals surface area (Å²) in [5.74, 6) is 0. The Balaban J connectivity index is 5.44. The summed E-state index contributed by atoms with van der Waals surface area (Å²) in [6.45, 7) is 33.2. The first-order valence-electron chi connectivity index (χ1n) is 12.1. The molecule has 0 bridgehead atoms. The van der Waals surface area contributed by atoms with Crippen molar-refractivity contribution in [2.45, 2.75) is 138 Å². The smallest absolute Gasteiger partial charge is 0.194 e. The topological polar surface area (TPSA) is 42.0 Å². The Kier molecular flexibility index (Phi) is 13.0. The molecule has 0 aliphatic rings. The van der Waals surface area contributed by atoms with E-state index >= 15 is 0 Å². The number of thioether (sulfide) groups is 1. The Morgan fingerprint density at radius 1 is 0.750 bits per heavy atom. The van der Waals surface area contributed by atoms with Gasteiger partial charge in [0.05, 0.1) is 18.8 Å². The summed E-state index contributed by atoms with van der Waals surface area (Å²) >= 11 is 1.38. The van der Waals surface area contributed by atoms with Crippen LogP contribution in [-0.2, 0) is 14.1 Å². The molecule has 0 aliphatic carbocycles. The van der Waals surface area contributed by atoms with Crippen LogP contribution in [0, 0.1) is 5.41 Å². The molecule has 0 aliphatic heterocycles. The first-order chi connectivity index (χ1) is 14.2. The number of carbonyl (C=O) groups is 1. The molecule has 32 heavy (non-hydrogen) atoms. The third-order valence-electron chi connectivity index (χ3n) is 4.72. The number of hydrogen-bond donors (Lipinski definition) is 0. The van der Waals surface area contributed by atoms with Gasteiger partial charge in [0.2, 0.25) is 0 Å². The standard InChI is InChI=1S/C25H53N2O3PS/c1-18(2)26(19(3)4)31(27(20(5)6)21(7)8)30-24(12,13)16-29-17-25(14,15)32-22(28)23(9,10)11/h18-21H,16-17H2,1-15H3. The van der Waals surface area contributed by atoms with Crippen molar-refractivity contribution in [1.82, 2.24) is 9.34 Å². The Hall–Kier alpha value is 0.290. The van der Waals surface area contributed by atoms with Crippen molar-refractivity contribution in [1.29, 1.82) is 0 Å². The lowest BCUT2D eigenvalue weighted by Crippen LogP contribution is -2.46. The Labute approximate surface area is 205 Å². The fraction of sp³-hybridized carbons (Fsp3) is 0.960. The van der Waals surface area contributed by atoms with Crippen LogP contribution in [0.15, 0.2) is 0 Å². The highest BCUT2D eigenvalue weighted by Crippen LogP contribution is 2.53. The highest BCUT2D eigenvalue weighted by molar-refractivity contribution is 8.14. The molecule has 0 unspecified atom stereocenters. The average molecular weight is 493 g/mol. The number of carbonyl (C=O) groups excluding carboxylic acids is 1. The minimum absolute atomic E-state index is 0.194. The van der Waals surface area contributed by atoms with Gasteiger partial charge in [0, 0.05) is 34.3 Å². The minimum atomic E-state index is -0.980. The van der Waals surface area contributed by atoms with Crippen LogP contribution >= 0.6 is 20.2 Å². The van der Waals surface area contributed by atoms with Crippen molar-refractivity contribution in [2.24, 2.45) is 5.41 Å². The van der Waals surface area contributed by atoms with Gasteiger partial charge in [-0.15, -0.1) is 0 Å². The van der Waals surface area contributed by atoms with E-state index in [9.17, 15) is 4.79 Å². The summed E-state index contributed by atoms with van der Waals surface area (Å²) < 4.78 is 17.7.